The summed E-state index contributed by atoms with van der Waals surface area (Å²) >= 11 is 0. The van der Waals surface area contributed by atoms with Gasteiger partial charge in [-0.05, 0) is 17.7 Å². The monoisotopic (exact) mass is 401 g/mol. The largest absolute Gasteiger partial charge is 0.507 e. The van der Waals surface area contributed by atoms with E-state index < -0.39 is 0 Å². The van der Waals surface area contributed by atoms with Crippen LogP contribution in [0.2, 0.25) is 0 Å². The Hall–Kier alpha value is -4.31. The van der Waals surface area contributed by atoms with E-state index in [2.05, 4.69) is 0 Å². The zero-order valence-corrected chi connectivity index (χ0v) is 16.7. The van der Waals surface area contributed by atoms with Gasteiger partial charge in [-0.3, -0.25) is 0 Å². The molecule has 0 aliphatic rings. The van der Waals surface area contributed by atoms with Gasteiger partial charge in [-0.1, -0.05) is 97.1 Å². The molecule has 31 heavy (non-hydrogen) atoms. The average Bonchev–Trinajstić information content (AvgIpc) is 2.85. The van der Waals surface area contributed by atoms with E-state index in [0.29, 0.717) is 17.5 Å². The molecule has 0 atom stereocenters. The smallest absolute Gasteiger partial charge is 0.164 e. The molecule has 1 N–H and O–H groups in total. The van der Waals surface area contributed by atoms with Crippen LogP contribution in [0.15, 0.2) is 109 Å². The normalized spacial score (nSPS) is 10.7. The minimum absolute atomic E-state index is 0.187. The second-order valence-electron chi connectivity index (χ2n) is 7.14. The number of hydrogen-bond acceptors (Lipinski definition) is 4. The van der Waals surface area contributed by atoms with Gasteiger partial charge in [-0.25, -0.2) is 15.0 Å². The summed E-state index contributed by atoms with van der Waals surface area (Å²) in [4.78, 5) is 14.1. The summed E-state index contributed by atoms with van der Waals surface area (Å²) in [6, 6.07) is 35.0. The average molecular weight is 401 g/mol. The van der Waals surface area contributed by atoms with Crippen molar-refractivity contribution in [2.45, 2.75) is 0 Å². The van der Waals surface area contributed by atoms with Crippen molar-refractivity contribution in [2.75, 3.05) is 0 Å². The van der Waals surface area contributed by atoms with Crippen molar-refractivity contribution in [3.63, 3.8) is 0 Å². The Labute approximate surface area is 180 Å². The molecule has 0 amide bonds. The fraction of sp³-hybridized carbons (Fsp3) is 0. The molecule has 5 rings (SSSR count). The van der Waals surface area contributed by atoms with Crippen LogP contribution in [0.25, 0.3) is 45.3 Å². The van der Waals surface area contributed by atoms with E-state index in [1.165, 1.54) is 0 Å². The number of rotatable bonds is 4. The highest BCUT2D eigenvalue weighted by atomic mass is 16.3. The Morgan fingerprint density at radius 2 is 0.839 bits per heavy atom. The first-order chi connectivity index (χ1) is 15.3. The first kappa shape index (κ1) is 18.7. The van der Waals surface area contributed by atoms with Crippen molar-refractivity contribution < 1.29 is 5.11 Å². The van der Waals surface area contributed by atoms with Crippen molar-refractivity contribution >= 4 is 0 Å². The lowest BCUT2D eigenvalue weighted by molar-refractivity contribution is 0.477. The van der Waals surface area contributed by atoms with Crippen molar-refractivity contribution in [1.82, 2.24) is 15.0 Å². The van der Waals surface area contributed by atoms with Crippen LogP contribution in [-0.2, 0) is 0 Å². The molecule has 4 heteroatoms. The summed E-state index contributed by atoms with van der Waals surface area (Å²) in [5.41, 5.74) is 4.28. The molecule has 0 spiro atoms. The predicted octanol–water partition coefficient (Wildman–Crippen LogP) is 6.25. The topological polar surface area (TPSA) is 58.9 Å². The Bertz CT molecular complexity index is 1260. The second-order valence-corrected chi connectivity index (χ2v) is 7.14. The van der Waals surface area contributed by atoms with Gasteiger partial charge in [0.1, 0.15) is 5.75 Å². The van der Waals surface area contributed by atoms with Crippen LogP contribution < -0.4 is 0 Å². The standard InChI is InChI=1S/C27H19N3O/c31-24-18-22(16-17-23(24)19-10-4-1-5-11-19)27-29-25(20-12-6-2-7-13-20)28-26(30-27)21-14-8-3-9-15-21/h1-18,31H. The number of aromatic hydroxyl groups is 1. The van der Waals surface area contributed by atoms with Gasteiger partial charge < -0.3 is 5.11 Å². The molecule has 0 bridgehead atoms. The van der Waals surface area contributed by atoms with E-state index in [1.54, 1.807) is 6.07 Å². The number of phenolic OH excluding ortho intramolecular Hbond substituents is 1. The van der Waals surface area contributed by atoms with E-state index in [-0.39, 0.29) is 5.75 Å². The van der Waals surface area contributed by atoms with Gasteiger partial charge in [-0.2, -0.15) is 0 Å². The molecular weight excluding hydrogens is 382 g/mol. The third kappa shape index (κ3) is 3.91. The molecule has 0 saturated carbocycles. The molecular formula is C27H19N3O. The molecule has 0 aliphatic carbocycles. The number of hydrogen-bond donors (Lipinski definition) is 1. The van der Waals surface area contributed by atoms with E-state index in [0.717, 1.165) is 27.8 Å². The molecule has 0 saturated heterocycles. The molecule has 0 radical (unpaired) electrons. The Morgan fingerprint density at radius 1 is 0.419 bits per heavy atom. The quantitative estimate of drug-likeness (QED) is 0.387. The van der Waals surface area contributed by atoms with E-state index in [9.17, 15) is 5.11 Å². The van der Waals surface area contributed by atoms with Gasteiger partial charge in [-0.15, -0.1) is 0 Å². The first-order valence-corrected chi connectivity index (χ1v) is 10.0. The van der Waals surface area contributed by atoms with Crippen LogP contribution in [0.3, 0.4) is 0 Å². The SMILES string of the molecule is Oc1cc(-c2nc(-c3ccccc3)nc(-c3ccccc3)n2)ccc1-c1ccccc1. The van der Waals surface area contributed by atoms with Crippen LogP contribution in [0, 0.1) is 0 Å². The van der Waals surface area contributed by atoms with Gasteiger partial charge in [0.2, 0.25) is 0 Å². The summed E-state index contributed by atoms with van der Waals surface area (Å²) in [6.07, 6.45) is 0. The molecule has 4 aromatic carbocycles. The van der Waals surface area contributed by atoms with Crippen molar-refractivity contribution in [3.05, 3.63) is 109 Å². The Kier molecular flexibility index (Phi) is 4.95. The van der Waals surface area contributed by atoms with Crippen LogP contribution in [0.1, 0.15) is 0 Å². The number of phenols is 1. The van der Waals surface area contributed by atoms with Gasteiger partial charge >= 0.3 is 0 Å². The summed E-state index contributed by atoms with van der Waals surface area (Å²) in [5, 5.41) is 10.7. The lowest BCUT2D eigenvalue weighted by Crippen LogP contribution is -2.00. The molecule has 1 aromatic heterocycles. The zero-order chi connectivity index (χ0) is 21.0. The highest BCUT2D eigenvalue weighted by Gasteiger charge is 2.13. The summed E-state index contributed by atoms with van der Waals surface area (Å²) < 4.78 is 0. The molecule has 5 aromatic rings. The molecule has 0 unspecified atom stereocenters. The van der Waals surface area contributed by atoms with Gasteiger partial charge in [0, 0.05) is 22.3 Å². The lowest BCUT2D eigenvalue weighted by Gasteiger charge is -2.10. The maximum Gasteiger partial charge on any atom is 0.164 e. The van der Waals surface area contributed by atoms with Crippen LogP contribution >= 0.6 is 0 Å². The van der Waals surface area contributed by atoms with Gasteiger partial charge in [0.15, 0.2) is 17.5 Å². The minimum Gasteiger partial charge on any atom is -0.507 e. The van der Waals surface area contributed by atoms with Gasteiger partial charge in [0.25, 0.3) is 0 Å². The third-order valence-electron chi connectivity index (χ3n) is 5.04. The fourth-order valence-electron chi connectivity index (χ4n) is 3.47. The van der Waals surface area contributed by atoms with Crippen molar-refractivity contribution in [1.29, 1.82) is 0 Å². The highest BCUT2D eigenvalue weighted by molar-refractivity contribution is 5.75. The van der Waals surface area contributed by atoms with E-state index >= 15 is 0 Å². The second kappa shape index (κ2) is 8.20. The molecule has 148 valence electrons. The first-order valence-electron chi connectivity index (χ1n) is 10.0. The Balaban J connectivity index is 1.64. The lowest BCUT2D eigenvalue weighted by atomic mass is 10.0. The number of aromatic nitrogens is 3. The van der Waals surface area contributed by atoms with E-state index in [1.807, 2.05) is 103 Å². The van der Waals surface area contributed by atoms with Crippen molar-refractivity contribution in [2.24, 2.45) is 0 Å². The highest BCUT2D eigenvalue weighted by Crippen LogP contribution is 2.33. The van der Waals surface area contributed by atoms with Crippen LogP contribution in [-0.4, -0.2) is 20.1 Å². The maximum atomic E-state index is 10.7. The molecule has 4 nitrogen and oxygen atoms in total. The van der Waals surface area contributed by atoms with Crippen LogP contribution in [0.4, 0.5) is 0 Å². The van der Waals surface area contributed by atoms with Gasteiger partial charge in [0.05, 0.1) is 0 Å². The summed E-state index contributed by atoms with van der Waals surface area (Å²) in [6.45, 7) is 0. The summed E-state index contributed by atoms with van der Waals surface area (Å²) in [7, 11) is 0. The Morgan fingerprint density at radius 3 is 1.29 bits per heavy atom. The predicted molar refractivity (Wildman–Crippen MR) is 123 cm³/mol. The maximum absolute atomic E-state index is 10.7. The number of nitrogens with zero attached hydrogens (tertiary/aromatic N) is 3. The molecule has 0 aliphatic heterocycles. The third-order valence-corrected chi connectivity index (χ3v) is 5.04. The summed E-state index contributed by atoms with van der Waals surface area (Å²) in [5.74, 6) is 1.89. The zero-order valence-electron chi connectivity index (χ0n) is 16.7. The van der Waals surface area contributed by atoms with Crippen LogP contribution in [0.5, 0.6) is 5.75 Å². The van der Waals surface area contributed by atoms with E-state index in [4.69, 9.17) is 15.0 Å². The fourth-order valence-corrected chi connectivity index (χ4v) is 3.47. The van der Waals surface area contributed by atoms with Crippen molar-refractivity contribution in [3.8, 4) is 51.0 Å². The number of benzene rings is 4. The molecule has 0 fully saturated rings. The molecule has 1 heterocycles. The minimum atomic E-state index is 0.187.